The molecule has 8 heteroatoms. The number of aromatic nitrogens is 2. The number of nitro groups is 1. The van der Waals surface area contributed by atoms with Gasteiger partial charge in [-0.1, -0.05) is 23.4 Å². The van der Waals surface area contributed by atoms with E-state index in [9.17, 15) is 10.1 Å². The molecule has 0 fully saturated rings. The molecule has 1 heterocycles. The van der Waals surface area contributed by atoms with Crippen LogP contribution < -0.4 is 4.74 Å². The Balaban J connectivity index is 1.54. The molecular weight excluding hydrogens is 360 g/mol. The molecule has 0 radical (unpaired) electrons. The SMILES string of the molecule is Cc1cc(C)cc(OCCN(C)Cc2nc(-c3cccc([N+](=O)[O-])c3)no2)c1. The van der Waals surface area contributed by atoms with Gasteiger partial charge >= 0.3 is 0 Å². The fraction of sp³-hybridized carbons (Fsp3) is 0.300. The maximum atomic E-state index is 10.9. The van der Waals surface area contributed by atoms with Gasteiger partial charge in [-0.05, 0) is 44.2 Å². The lowest BCUT2D eigenvalue weighted by Crippen LogP contribution is -2.24. The van der Waals surface area contributed by atoms with Crippen molar-refractivity contribution in [3.05, 3.63) is 69.6 Å². The van der Waals surface area contributed by atoms with E-state index in [4.69, 9.17) is 9.26 Å². The highest BCUT2D eigenvalue weighted by atomic mass is 16.6. The highest BCUT2D eigenvalue weighted by Crippen LogP contribution is 2.21. The summed E-state index contributed by atoms with van der Waals surface area (Å²) in [5.74, 6) is 1.63. The van der Waals surface area contributed by atoms with Crippen LogP contribution in [0.2, 0.25) is 0 Å². The molecule has 0 saturated carbocycles. The summed E-state index contributed by atoms with van der Waals surface area (Å²) in [6, 6.07) is 12.3. The lowest BCUT2D eigenvalue weighted by molar-refractivity contribution is -0.384. The Labute approximate surface area is 162 Å². The smallest absolute Gasteiger partial charge is 0.270 e. The van der Waals surface area contributed by atoms with Crippen molar-refractivity contribution in [2.75, 3.05) is 20.2 Å². The van der Waals surface area contributed by atoms with Crippen molar-refractivity contribution in [2.24, 2.45) is 0 Å². The highest BCUT2D eigenvalue weighted by Gasteiger charge is 2.14. The first-order valence-corrected chi connectivity index (χ1v) is 8.88. The topological polar surface area (TPSA) is 94.5 Å². The van der Waals surface area contributed by atoms with Gasteiger partial charge in [0, 0.05) is 24.2 Å². The quantitative estimate of drug-likeness (QED) is 0.432. The fourth-order valence-electron chi connectivity index (χ4n) is 2.84. The van der Waals surface area contributed by atoms with Crippen molar-refractivity contribution in [1.29, 1.82) is 0 Å². The van der Waals surface area contributed by atoms with Crippen LogP contribution in [0.25, 0.3) is 11.4 Å². The molecule has 0 spiro atoms. The van der Waals surface area contributed by atoms with Crippen molar-refractivity contribution in [1.82, 2.24) is 15.0 Å². The van der Waals surface area contributed by atoms with Gasteiger partial charge in [0.05, 0.1) is 11.5 Å². The number of nitro benzene ring substituents is 1. The summed E-state index contributed by atoms with van der Waals surface area (Å²) in [6.45, 7) is 5.76. The van der Waals surface area contributed by atoms with Crippen LogP contribution in [0.15, 0.2) is 47.0 Å². The summed E-state index contributed by atoms with van der Waals surface area (Å²) in [6.07, 6.45) is 0. The van der Waals surface area contributed by atoms with E-state index in [0.29, 0.717) is 37.0 Å². The minimum absolute atomic E-state index is 0.00972. The van der Waals surface area contributed by atoms with E-state index >= 15 is 0 Å². The van der Waals surface area contributed by atoms with Crippen molar-refractivity contribution >= 4 is 5.69 Å². The molecular formula is C20H22N4O4. The summed E-state index contributed by atoms with van der Waals surface area (Å²) < 4.78 is 11.1. The second-order valence-corrected chi connectivity index (χ2v) is 6.73. The number of hydrogen-bond donors (Lipinski definition) is 0. The molecule has 0 amide bonds. The first kappa shape index (κ1) is 19.5. The molecule has 0 N–H and O–H groups in total. The third-order valence-electron chi connectivity index (χ3n) is 4.13. The number of rotatable bonds is 8. The monoisotopic (exact) mass is 382 g/mol. The number of nitrogens with zero attached hydrogens (tertiary/aromatic N) is 4. The number of non-ortho nitro benzene ring substituents is 1. The fourth-order valence-corrected chi connectivity index (χ4v) is 2.84. The second-order valence-electron chi connectivity index (χ2n) is 6.73. The number of benzene rings is 2. The molecule has 0 aliphatic carbocycles. The van der Waals surface area contributed by atoms with Crippen LogP contribution in [0, 0.1) is 24.0 Å². The zero-order chi connectivity index (χ0) is 20.1. The van der Waals surface area contributed by atoms with Gasteiger partial charge in [-0.25, -0.2) is 0 Å². The van der Waals surface area contributed by atoms with E-state index in [-0.39, 0.29) is 5.69 Å². The molecule has 3 rings (SSSR count). The molecule has 8 nitrogen and oxygen atoms in total. The molecule has 0 unspecified atom stereocenters. The van der Waals surface area contributed by atoms with Gasteiger partial charge in [-0.3, -0.25) is 15.0 Å². The van der Waals surface area contributed by atoms with E-state index in [0.717, 1.165) is 5.75 Å². The average Bonchev–Trinajstić information content (AvgIpc) is 3.09. The summed E-state index contributed by atoms with van der Waals surface area (Å²) >= 11 is 0. The highest BCUT2D eigenvalue weighted by molar-refractivity contribution is 5.58. The molecule has 28 heavy (non-hydrogen) atoms. The maximum absolute atomic E-state index is 10.9. The van der Waals surface area contributed by atoms with E-state index in [1.165, 1.54) is 23.3 Å². The van der Waals surface area contributed by atoms with E-state index in [1.54, 1.807) is 12.1 Å². The van der Waals surface area contributed by atoms with Crippen LogP contribution in [-0.2, 0) is 6.54 Å². The first-order chi connectivity index (χ1) is 13.4. The van der Waals surface area contributed by atoms with Crippen LogP contribution in [0.4, 0.5) is 5.69 Å². The number of likely N-dealkylation sites (N-methyl/N-ethyl adjacent to an activating group) is 1. The first-order valence-electron chi connectivity index (χ1n) is 8.88. The van der Waals surface area contributed by atoms with Gasteiger partial charge in [-0.2, -0.15) is 4.98 Å². The lowest BCUT2D eigenvalue weighted by Gasteiger charge is -2.15. The summed E-state index contributed by atoms with van der Waals surface area (Å²) in [5.41, 5.74) is 2.88. The standard InChI is InChI=1S/C20H22N4O4/c1-14-9-15(2)11-18(10-14)27-8-7-23(3)13-19-21-20(22-28-19)16-5-4-6-17(12-16)24(25)26/h4-6,9-12H,7-8,13H2,1-3H3. The van der Waals surface area contributed by atoms with E-state index < -0.39 is 4.92 Å². The van der Waals surface area contributed by atoms with Crippen LogP contribution >= 0.6 is 0 Å². The maximum Gasteiger partial charge on any atom is 0.270 e. The second kappa shape index (κ2) is 8.62. The van der Waals surface area contributed by atoms with Crippen LogP contribution in [0.3, 0.4) is 0 Å². The average molecular weight is 382 g/mol. The van der Waals surface area contributed by atoms with Gasteiger partial charge in [0.2, 0.25) is 11.7 Å². The Morgan fingerprint density at radius 1 is 1.18 bits per heavy atom. The zero-order valence-electron chi connectivity index (χ0n) is 16.1. The molecule has 1 aromatic heterocycles. The van der Waals surface area contributed by atoms with Crippen LogP contribution in [0.1, 0.15) is 17.0 Å². The van der Waals surface area contributed by atoms with Crippen LogP contribution in [-0.4, -0.2) is 40.2 Å². The molecule has 0 aliphatic rings. The molecule has 3 aromatic rings. The van der Waals surface area contributed by atoms with Gasteiger partial charge in [0.25, 0.3) is 5.69 Å². The van der Waals surface area contributed by atoms with Crippen LogP contribution in [0.5, 0.6) is 5.75 Å². The summed E-state index contributed by atoms with van der Waals surface area (Å²) in [4.78, 5) is 16.8. The van der Waals surface area contributed by atoms with Crippen molar-refractivity contribution in [3.8, 4) is 17.1 Å². The third-order valence-corrected chi connectivity index (χ3v) is 4.13. The summed E-state index contributed by atoms with van der Waals surface area (Å²) in [7, 11) is 1.93. The van der Waals surface area contributed by atoms with E-state index in [2.05, 4.69) is 16.2 Å². The van der Waals surface area contributed by atoms with Gasteiger partial charge in [0.1, 0.15) is 12.4 Å². The number of aryl methyl sites for hydroxylation is 2. The predicted octanol–water partition coefficient (Wildman–Crippen LogP) is 3.77. The lowest BCUT2D eigenvalue weighted by atomic mass is 10.1. The molecule has 0 bridgehead atoms. The normalized spacial score (nSPS) is 11.0. The Hall–Kier alpha value is -3.26. The Morgan fingerprint density at radius 2 is 1.93 bits per heavy atom. The predicted molar refractivity (Wildman–Crippen MR) is 104 cm³/mol. The minimum Gasteiger partial charge on any atom is -0.492 e. The molecule has 0 saturated heterocycles. The molecule has 0 atom stereocenters. The number of hydrogen-bond acceptors (Lipinski definition) is 7. The zero-order valence-corrected chi connectivity index (χ0v) is 16.1. The van der Waals surface area contributed by atoms with Crippen molar-refractivity contribution in [3.63, 3.8) is 0 Å². The van der Waals surface area contributed by atoms with E-state index in [1.807, 2.05) is 37.9 Å². The summed E-state index contributed by atoms with van der Waals surface area (Å²) in [5, 5.41) is 14.8. The number of ether oxygens (including phenoxy) is 1. The van der Waals surface area contributed by atoms with Gasteiger partial charge in [0.15, 0.2) is 0 Å². The van der Waals surface area contributed by atoms with Crippen molar-refractivity contribution in [2.45, 2.75) is 20.4 Å². The molecule has 0 aliphatic heterocycles. The Bertz CT molecular complexity index is 950. The van der Waals surface area contributed by atoms with Gasteiger partial charge in [-0.15, -0.1) is 0 Å². The Kier molecular flexibility index (Phi) is 6.00. The largest absolute Gasteiger partial charge is 0.492 e. The molecule has 2 aromatic carbocycles. The third kappa shape index (κ3) is 5.14. The minimum atomic E-state index is -0.450. The van der Waals surface area contributed by atoms with Gasteiger partial charge < -0.3 is 9.26 Å². The Morgan fingerprint density at radius 3 is 2.64 bits per heavy atom. The van der Waals surface area contributed by atoms with Crippen molar-refractivity contribution < 1.29 is 14.2 Å². The molecule has 146 valence electrons.